The van der Waals surface area contributed by atoms with Crippen molar-refractivity contribution in [3.8, 4) is 11.4 Å². The summed E-state index contributed by atoms with van der Waals surface area (Å²) in [6, 6.07) is 6.32. The number of rotatable bonds is 2. The van der Waals surface area contributed by atoms with E-state index in [4.69, 9.17) is 0 Å². The van der Waals surface area contributed by atoms with Gasteiger partial charge in [0, 0.05) is 18.5 Å². The van der Waals surface area contributed by atoms with Crippen molar-refractivity contribution in [3.05, 3.63) is 35.9 Å². The molecule has 0 saturated carbocycles. The van der Waals surface area contributed by atoms with Gasteiger partial charge in [-0.3, -0.25) is 4.68 Å². The monoisotopic (exact) mass is 260 g/mol. The Bertz CT molecular complexity index is 555. The SMILES string of the molecule is Cn1nc(-c2ccc(F)cc2)nc1C1CCNCC1. The second-order valence-corrected chi connectivity index (χ2v) is 4.95. The number of hydrogen-bond acceptors (Lipinski definition) is 3. The van der Waals surface area contributed by atoms with Crippen molar-refractivity contribution in [3.63, 3.8) is 0 Å². The highest BCUT2D eigenvalue weighted by molar-refractivity contribution is 5.54. The molecule has 5 heteroatoms. The van der Waals surface area contributed by atoms with Gasteiger partial charge in [0.1, 0.15) is 11.6 Å². The van der Waals surface area contributed by atoms with Crippen LogP contribution in [0.3, 0.4) is 0 Å². The minimum absolute atomic E-state index is 0.238. The van der Waals surface area contributed by atoms with E-state index < -0.39 is 0 Å². The van der Waals surface area contributed by atoms with Crippen molar-refractivity contribution in [2.75, 3.05) is 13.1 Å². The zero-order valence-corrected chi connectivity index (χ0v) is 10.9. The van der Waals surface area contributed by atoms with E-state index in [9.17, 15) is 4.39 Å². The van der Waals surface area contributed by atoms with Gasteiger partial charge in [0.05, 0.1) is 0 Å². The van der Waals surface area contributed by atoms with E-state index >= 15 is 0 Å². The maximum absolute atomic E-state index is 12.9. The molecular weight excluding hydrogens is 243 g/mol. The van der Waals surface area contributed by atoms with E-state index in [-0.39, 0.29) is 5.82 Å². The highest BCUT2D eigenvalue weighted by Gasteiger charge is 2.21. The molecule has 0 radical (unpaired) electrons. The fourth-order valence-corrected chi connectivity index (χ4v) is 2.55. The van der Waals surface area contributed by atoms with Gasteiger partial charge in [-0.15, -0.1) is 0 Å². The van der Waals surface area contributed by atoms with Gasteiger partial charge in [0.15, 0.2) is 5.82 Å². The molecule has 19 heavy (non-hydrogen) atoms. The largest absolute Gasteiger partial charge is 0.317 e. The summed E-state index contributed by atoms with van der Waals surface area (Å²) < 4.78 is 14.8. The number of aryl methyl sites for hydroxylation is 1. The lowest BCUT2D eigenvalue weighted by molar-refractivity contribution is 0.432. The van der Waals surface area contributed by atoms with Crippen molar-refractivity contribution in [2.45, 2.75) is 18.8 Å². The summed E-state index contributed by atoms with van der Waals surface area (Å²) in [6.07, 6.45) is 2.19. The van der Waals surface area contributed by atoms with Crippen LogP contribution in [0.4, 0.5) is 4.39 Å². The van der Waals surface area contributed by atoms with Gasteiger partial charge in [0.25, 0.3) is 0 Å². The minimum Gasteiger partial charge on any atom is -0.317 e. The first kappa shape index (κ1) is 12.3. The molecule has 1 saturated heterocycles. The first-order valence-corrected chi connectivity index (χ1v) is 6.61. The number of nitrogens with one attached hydrogen (secondary N) is 1. The number of hydrogen-bond donors (Lipinski definition) is 1. The van der Waals surface area contributed by atoms with Gasteiger partial charge < -0.3 is 5.32 Å². The smallest absolute Gasteiger partial charge is 0.181 e. The third kappa shape index (κ3) is 2.51. The van der Waals surface area contributed by atoms with Crippen molar-refractivity contribution >= 4 is 0 Å². The molecule has 1 aromatic heterocycles. The summed E-state index contributed by atoms with van der Waals surface area (Å²) in [5.74, 6) is 1.93. The molecule has 4 nitrogen and oxygen atoms in total. The van der Waals surface area contributed by atoms with Gasteiger partial charge in [0.2, 0.25) is 0 Å². The maximum Gasteiger partial charge on any atom is 0.181 e. The van der Waals surface area contributed by atoms with Crippen LogP contribution in [0, 0.1) is 5.82 Å². The van der Waals surface area contributed by atoms with Gasteiger partial charge in [-0.2, -0.15) is 5.10 Å². The molecule has 100 valence electrons. The fourth-order valence-electron chi connectivity index (χ4n) is 2.55. The summed E-state index contributed by atoms with van der Waals surface area (Å²) in [4.78, 5) is 4.63. The fraction of sp³-hybridized carbons (Fsp3) is 0.429. The van der Waals surface area contributed by atoms with Crippen molar-refractivity contribution in [1.82, 2.24) is 20.1 Å². The van der Waals surface area contributed by atoms with Crippen LogP contribution in [0.15, 0.2) is 24.3 Å². The van der Waals surface area contributed by atoms with Crippen molar-refractivity contribution in [2.24, 2.45) is 7.05 Å². The average Bonchev–Trinajstić information content (AvgIpc) is 2.83. The summed E-state index contributed by atoms with van der Waals surface area (Å²) in [5.41, 5.74) is 0.859. The van der Waals surface area contributed by atoms with E-state index in [1.165, 1.54) is 12.1 Å². The van der Waals surface area contributed by atoms with Crippen molar-refractivity contribution < 1.29 is 4.39 Å². The molecule has 0 amide bonds. The molecule has 1 aliphatic rings. The molecule has 0 aliphatic carbocycles. The summed E-state index contributed by atoms with van der Waals surface area (Å²) in [6.45, 7) is 2.06. The standard InChI is InChI=1S/C14H17FN4/c1-19-14(11-6-8-16-9-7-11)17-13(18-19)10-2-4-12(15)5-3-10/h2-5,11,16H,6-9H2,1H3. The first-order chi connectivity index (χ1) is 9.24. The predicted octanol–water partition coefficient (Wildman–Crippen LogP) is 2.09. The Labute approximate surface area is 111 Å². The van der Waals surface area contributed by atoms with E-state index in [0.29, 0.717) is 11.7 Å². The normalized spacial score (nSPS) is 16.7. The Morgan fingerprint density at radius 1 is 1.21 bits per heavy atom. The number of benzene rings is 1. The Kier molecular flexibility index (Phi) is 3.29. The number of nitrogens with zero attached hydrogens (tertiary/aromatic N) is 3. The van der Waals surface area contributed by atoms with E-state index in [2.05, 4.69) is 15.4 Å². The topological polar surface area (TPSA) is 42.7 Å². The molecule has 1 aliphatic heterocycles. The second-order valence-electron chi connectivity index (χ2n) is 4.95. The number of aromatic nitrogens is 3. The Morgan fingerprint density at radius 3 is 2.58 bits per heavy atom. The van der Waals surface area contributed by atoms with Crippen LogP contribution >= 0.6 is 0 Å². The lowest BCUT2D eigenvalue weighted by atomic mass is 9.97. The molecule has 0 bridgehead atoms. The summed E-state index contributed by atoms with van der Waals surface area (Å²) in [5, 5.41) is 7.80. The minimum atomic E-state index is -0.238. The van der Waals surface area contributed by atoms with Gasteiger partial charge in [-0.05, 0) is 50.2 Å². The zero-order valence-electron chi connectivity index (χ0n) is 10.9. The number of halogens is 1. The predicted molar refractivity (Wildman–Crippen MR) is 71.2 cm³/mol. The number of piperidine rings is 1. The first-order valence-electron chi connectivity index (χ1n) is 6.61. The zero-order chi connectivity index (χ0) is 13.2. The van der Waals surface area contributed by atoms with Crippen LogP contribution < -0.4 is 5.32 Å². The van der Waals surface area contributed by atoms with Gasteiger partial charge >= 0.3 is 0 Å². The highest BCUT2D eigenvalue weighted by Crippen LogP contribution is 2.25. The van der Waals surface area contributed by atoms with Crippen LogP contribution in [-0.4, -0.2) is 27.9 Å². The quantitative estimate of drug-likeness (QED) is 0.899. The van der Waals surface area contributed by atoms with E-state index in [0.717, 1.165) is 37.3 Å². The Balaban J connectivity index is 1.90. The molecule has 0 atom stereocenters. The molecule has 1 fully saturated rings. The molecule has 0 unspecified atom stereocenters. The van der Waals surface area contributed by atoms with E-state index in [1.807, 2.05) is 11.7 Å². The Morgan fingerprint density at radius 2 is 1.89 bits per heavy atom. The Hall–Kier alpha value is -1.75. The van der Waals surface area contributed by atoms with Crippen molar-refractivity contribution in [1.29, 1.82) is 0 Å². The maximum atomic E-state index is 12.9. The third-order valence-electron chi connectivity index (χ3n) is 3.60. The second kappa shape index (κ2) is 5.09. The van der Waals surface area contributed by atoms with Crippen LogP contribution in [0.1, 0.15) is 24.6 Å². The lowest BCUT2D eigenvalue weighted by Crippen LogP contribution is -2.27. The van der Waals surface area contributed by atoms with Crippen LogP contribution in [-0.2, 0) is 7.05 Å². The molecule has 2 heterocycles. The summed E-state index contributed by atoms with van der Waals surface area (Å²) in [7, 11) is 1.93. The lowest BCUT2D eigenvalue weighted by Gasteiger charge is -2.21. The highest BCUT2D eigenvalue weighted by atomic mass is 19.1. The summed E-state index contributed by atoms with van der Waals surface area (Å²) >= 11 is 0. The molecule has 1 N–H and O–H groups in total. The average molecular weight is 260 g/mol. The molecule has 1 aromatic carbocycles. The van der Waals surface area contributed by atoms with E-state index in [1.54, 1.807) is 12.1 Å². The van der Waals surface area contributed by atoms with Crippen LogP contribution in [0.2, 0.25) is 0 Å². The van der Waals surface area contributed by atoms with Gasteiger partial charge in [-0.1, -0.05) is 0 Å². The molecule has 0 spiro atoms. The third-order valence-corrected chi connectivity index (χ3v) is 3.60. The van der Waals surface area contributed by atoms with Crippen LogP contribution in [0.5, 0.6) is 0 Å². The van der Waals surface area contributed by atoms with Crippen LogP contribution in [0.25, 0.3) is 11.4 Å². The molecule has 3 rings (SSSR count). The molecule has 2 aromatic rings. The van der Waals surface area contributed by atoms with Gasteiger partial charge in [-0.25, -0.2) is 9.37 Å². The molecular formula is C14H17FN4.